The molecule has 0 amide bonds. The zero-order valence-corrected chi connectivity index (χ0v) is 11.0. The summed E-state index contributed by atoms with van der Waals surface area (Å²) in [5, 5.41) is 5.42. The van der Waals surface area contributed by atoms with Gasteiger partial charge in [0.25, 0.3) is 5.56 Å². The molecule has 2 aromatic rings. The zero-order valence-electron chi connectivity index (χ0n) is 10.2. The number of aromatic nitrogens is 2. The number of nitrogens with zero attached hydrogens (tertiary/aromatic N) is 2. The van der Waals surface area contributed by atoms with Crippen LogP contribution in [0.1, 0.15) is 29.3 Å². The van der Waals surface area contributed by atoms with Gasteiger partial charge in [-0.2, -0.15) is 0 Å². The van der Waals surface area contributed by atoms with Crippen molar-refractivity contribution in [2.75, 3.05) is 5.32 Å². The molecule has 0 saturated heterocycles. The van der Waals surface area contributed by atoms with Gasteiger partial charge in [0.15, 0.2) is 5.82 Å². The van der Waals surface area contributed by atoms with Gasteiger partial charge >= 0.3 is 0 Å². The van der Waals surface area contributed by atoms with Gasteiger partial charge in [-0.15, -0.1) is 11.3 Å². The standard InChI is InChI=1S/C13H15N3OS/c1-16-7-6-14-12(13(16)17)15-10-3-2-4-11-9(10)5-8-18-11/h5-8,10H,2-4H2,1H3,(H,14,15). The van der Waals surface area contributed by atoms with Gasteiger partial charge in [-0.3, -0.25) is 4.79 Å². The van der Waals surface area contributed by atoms with E-state index in [1.54, 1.807) is 35.3 Å². The van der Waals surface area contributed by atoms with E-state index in [0.29, 0.717) is 5.82 Å². The number of fused-ring (bicyclic) bond motifs is 1. The molecule has 0 saturated carbocycles. The lowest BCUT2D eigenvalue weighted by Crippen LogP contribution is -2.25. The average molecular weight is 261 g/mol. The van der Waals surface area contributed by atoms with Crippen LogP contribution in [0, 0.1) is 0 Å². The molecule has 94 valence electrons. The minimum atomic E-state index is -0.0696. The van der Waals surface area contributed by atoms with Crippen molar-refractivity contribution in [3.63, 3.8) is 0 Å². The van der Waals surface area contributed by atoms with E-state index in [2.05, 4.69) is 21.7 Å². The van der Waals surface area contributed by atoms with E-state index >= 15 is 0 Å². The number of anilines is 1. The molecule has 0 fully saturated rings. The van der Waals surface area contributed by atoms with Crippen molar-refractivity contribution in [3.05, 3.63) is 44.6 Å². The first kappa shape index (κ1) is 11.5. The molecule has 0 aromatic carbocycles. The smallest absolute Gasteiger partial charge is 0.293 e. The maximum atomic E-state index is 11.9. The number of thiophene rings is 1. The number of rotatable bonds is 2. The van der Waals surface area contributed by atoms with Crippen molar-refractivity contribution in [3.8, 4) is 0 Å². The highest BCUT2D eigenvalue weighted by Gasteiger charge is 2.22. The highest BCUT2D eigenvalue weighted by Crippen LogP contribution is 2.34. The van der Waals surface area contributed by atoms with Crippen LogP contribution in [0.15, 0.2) is 28.6 Å². The van der Waals surface area contributed by atoms with Crippen molar-refractivity contribution in [2.24, 2.45) is 7.05 Å². The molecular weight excluding hydrogens is 246 g/mol. The fourth-order valence-electron chi connectivity index (χ4n) is 2.40. The first-order valence-corrected chi connectivity index (χ1v) is 6.98. The summed E-state index contributed by atoms with van der Waals surface area (Å²) in [5.74, 6) is 0.448. The van der Waals surface area contributed by atoms with Gasteiger partial charge in [0.05, 0.1) is 6.04 Å². The highest BCUT2D eigenvalue weighted by molar-refractivity contribution is 7.10. The Bertz CT molecular complexity index is 617. The number of nitrogens with one attached hydrogen (secondary N) is 1. The summed E-state index contributed by atoms with van der Waals surface area (Å²) in [6.45, 7) is 0. The monoisotopic (exact) mass is 261 g/mol. The second kappa shape index (κ2) is 4.57. The third-order valence-corrected chi connectivity index (χ3v) is 4.38. The van der Waals surface area contributed by atoms with Crippen molar-refractivity contribution < 1.29 is 0 Å². The van der Waals surface area contributed by atoms with Gasteiger partial charge in [-0.1, -0.05) is 0 Å². The van der Waals surface area contributed by atoms with Gasteiger partial charge in [-0.25, -0.2) is 4.98 Å². The Labute approximate surface area is 109 Å². The Kier molecular flexibility index (Phi) is 2.91. The lowest BCUT2D eigenvalue weighted by molar-refractivity contribution is 0.605. The zero-order chi connectivity index (χ0) is 12.5. The van der Waals surface area contributed by atoms with Crippen LogP contribution < -0.4 is 10.9 Å². The second-order valence-corrected chi connectivity index (χ2v) is 5.58. The molecule has 0 spiro atoms. The molecule has 1 atom stereocenters. The van der Waals surface area contributed by atoms with Crippen LogP contribution >= 0.6 is 11.3 Å². The van der Waals surface area contributed by atoms with E-state index in [4.69, 9.17) is 0 Å². The van der Waals surface area contributed by atoms with Gasteiger partial charge in [0, 0.05) is 24.3 Å². The predicted molar refractivity (Wildman–Crippen MR) is 73.1 cm³/mol. The summed E-state index contributed by atoms with van der Waals surface area (Å²) < 4.78 is 1.55. The molecule has 3 rings (SSSR count). The fourth-order valence-corrected chi connectivity index (χ4v) is 3.39. The average Bonchev–Trinajstić information content (AvgIpc) is 2.84. The second-order valence-electron chi connectivity index (χ2n) is 4.58. The normalized spacial score (nSPS) is 18.4. The SMILES string of the molecule is Cn1ccnc(NC2CCCc3sccc32)c1=O. The molecule has 0 bridgehead atoms. The molecule has 4 nitrogen and oxygen atoms in total. The van der Waals surface area contributed by atoms with Crippen LogP contribution in [0.3, 0.4) is 0 Å². The summed E-state index contributed by atoms with van der Waals surface area (Å²) in [5.41, 5.74) is 1.26. The molecule has 18 heavy (non-hydrogen) atoms. The highest BCUT2D eigenvalue weighted by atomic mass is 32.1. The van der Waals surface area contributed by atoms with E-state index in [0.717, 1.165) is 12.8 Å². The Balaban J connectivity index is 1.91. The molecule has 1 unspecified atom stereocenters. The van der Waals surface area contributed by atoms with Gasteiger partial charge in [-0.05, 0) is 36.3 Å². The fraction of sp³-hybridized carbons (Fsp3) is 0.385. The van der Waals surface area contributed by atoms with Crippen molar-refractivity contribution in [1.82, 2.24) is 9.55 Å². The van der Waals surface area contributed by atoms with Gasteiger partial charge in [0.2, 0.25) is 0 Å². The van der Waals surface area contributed by atoms with E-state index < -0.39 is 0 Å². The van der Waals surface area contributed by atoms with Crippen molar-refractivity contribution in [1.29, 1.82) is 0 Å². The first-order chi connectivity index (χ1) is 8.75. The third kappa shape index (κ3) is 1.95. The summed E-state index contributed by atoms with van der Waals surface area (Å²) in [4.78, 5) is 17.5. The van der Waals surface area contributed by atoms with Crippen molar-refractivity contribution in [2.45, 2.75) is 25.3 Å². The minimum Gasteiger partial charge on any atom is -0.359 e. The van der Waals surface area contributed by atoms with Crippen LogP contribution in [0.2, 0.25) is 0 Å². The number of aryl methyl sites for hydroxylation is 2. The number of hydrogen-bond acceptors (Lipinski definition) is 4. The Morgan fingerprint density at radius 3 is 3.33 bits per heavy atom. The summed E-state index contributed by atoms with van der Waals surface area (Å²) in [7, 11) is 1.74. The van der Waals surface area contributed by atoms with Crippen LogP contribution in [0.5, 0.6) is 0 Å². The Morgan fingerprint density at radius 2 is 2.44 bits per heavy atom. The maximum absolute atomic E-state index is 11.9. The maximum Gasteiger partial charge on any atom is 0.293 e. The van der Waals surface area contributed by atoms with Gasteiger partial charge in [0.1, 0.15) is 0 Å². The first-order valence-electron chi connectivity index (χ1n) is 6.10. The van der Waals surface area contributed by atoms with E-state index in [1.807, 2.05) is 0 Å². The molecule has 0 aliphatic heterocycles. The van der Waals surface area contributed by atoms with Crippen molar-refractivity contribution >= 4 is 17.2 Å². The lowest BCUT2D eigenvalue weighted by Gasteiger charge is -2.23. The van der Waals surface area contributed by atoms with Gasteiger partial charge < -0.3 is 9.88 Å². The molecule has 2 heterocycles. The summed E-state index contributed by atoms with van der Waals surface area (Å²) in [6, 6.07) is 2.38. The molecular formula is C13H15N3OS. The topological polar surface area (TPSA) is 46.9 Å². The summed E-state index contributed by atoms with van der Waals surface area (Å²) >= 11 is 1.80. The Morgan fingerprint density at radius 1 is 1.56 bits per heavy atom. The molecule has 5 heteroatoms. The molecule has 0 radical (unpaired) electrons. The van der Waals surface area contributed by atoms with E-state index in [1.165, 1.54) is 16.9 Å². The van der Waals surface area contributed by atoms with Crippen LogP contribution in [0.25, 0.3) is 0 Å². The summed E-state index contributed by atoms with van der Waals surface area (Å²) in [6.07, 6.45) is 6.71. The number of hydrogen-bond donors (Lipinski definition) is 1. The molecule has 1 aliphatic carbocycles. The molecule has 2 aromatic heterocycles. The Hall–Kier alpha value is -1.62. The predicted octanol–water partition coefficient (Wildman–Crippen LogP) is 2.33. The quantitative estimate of drug-likeness (QED) is 0.902. The molecule has 1 aliphatic rings. The van der Waals surface area contributed by atoms with Crippen LogP contribution in [0.4, 0.5) is 5.82 Å². The van der Waals surface area contributed by atoms with E-state index in [9.17, 15) is 4.79 Å². The lowest BCUT2D eigenvalue weighted by atomic mass is 9.94. The molecule has 1 N–H and O–H groups in total. The minimum absolute atomic E-state index is 0.0696. The van der Waals surface area contributed by atoms with E-state index in [-0.39, 0.29) is 11.6 Å². The largest absolute Gasteiger partial charge is 0.359 e. The van der Waals surface area contributed by atoms with Crippen LogP contribution in [-0.2, 0) is 13.5 Å². The van der Waals surface area contributed by atoms with Crippen LogP contribution in [-0.4, -0.2) is 9.55 Å². The third-order valence-electron chi connectivity index (χ3n) is 3.38.